The third-order valence-corrected chi connectivity index (χ3v) is 3.28. The predicted molar refractivity (Wildman–Crippen MR) is 84.8 cm³/mol. The molecule has 0 saturated carbocycles. The fourth-order valence-electron chi connectivity index (χ4n) is 2.12. The van der Waals surface area contributed by atoms with Gasteiger partial charge in [0, 0.05) is 31.7 Å². The molecule has 21 heavy (non-hydrogen) atoms. The van der Waals surface area contributed by atoms with Gasteiger partial charge in [0.2, 0.25) is 0 Å². The molecule has 0 saturated heterocycles. The van der Waals surface area contributed by atoms with E-state index in [-0.39, 0.29) is 5.91 Å². The van der Waals surface area contributed by atoms with E-state index in [9.17, 15) is 4.79 Å². The lowest BCUT2D eigenvalue weighted by molar-refractivity contribution is 0.102. The van der Waals surface area contributed by atoms with Gasteiger partial charge in [-0.2, -0.15) is 0 Å². The molecule has 2 aromatic heterocycles. The van der Waals surface area contributed by atoms with Crippen molar-refractivity contribution in [2.24, 2.45) is 0 Å². The van der Waals surface area contributed by atoms with Crippen molar-refractivity contribution >= 4 is 28.3 Å². The average molecular weight is 280 g/mol. The van der Waals surface area contributed by atoms with Crippen molar-refractivity contribution < 1.29 is 4.79 Å². The second kappa shape index (κ2) is 5.28. The molecule has 5 heteroatoms. The molecule has 5 nitrogen and oxygen atoms in total. The molecule has 3 rings (SSSR count). The molecular weight excluding hydrogens is 264 g/mol. The number of fused-ring (bicyclic) bond motifs is 1. The summed E-state index contributed by atoms with van der Waals surface area (Å²) in [6.07, 6.45) is 1.71. The summed E-state index contributed by atoms with van der Waals surface area (Å²) in [6, 6.07) is 13.2. The van der Waals surface area contributed by atoms with Gasteiger partial charge in [-0.05, 0) is 42.5 Å². The Labute approximate surface area is 122 Å². The molecule has 2 heterocycles. The van der Waals surface area contributed by atoms with Gasteiger partial charge in [-0.3, -0.25) is 9.78 Å². The molecule has 1 aromatic carbocycles. The average Bonchev–Trinajstić information content (AvgIpc) is 2.92. The number of hydrogen-bond acceptors (Lipinski definition) is 3. The quantitative estimate of drug-likeness (QED) is 0.775. The van der Waals surface area contributed by atoms with Crippen LogP contribution in [0.3, 0.4) is 0 Å². The van der Waals surface area contributed by atoms with Crippen molar-refractivity contribution in [1.29, 1.82) is 0 Å². The Morgan fingerprint density at radius 1 is 1.19 bits per heavy atom. The van der Waals surface area contributed by atoms with Crippen molar-refractivity contribution in [3.8, 4) is 0 Å². The number of amides is 1. The molecule has 0 bridgehead atoms. The highest BCUT2D eigenvalue weighted by atomic mass is 16.1. The molecule has 0 spiro atoms. The molecule has 0 radical (unpaired) electrons. The summed E-state index contributed by atoms with van der Waals surface area (Å²) in [5.41, 5.74) is 3.98. The fraction of sp³-hybridized carbons (Fsp3) is 0.125. The Morgan fingerprint density at radius 2 is 1.95 bits per heavy atom. The topological polar surface area (TPSA) is 61.0 Å². The normalized spacial score (nSPS) is 10.6. The standard InChI is InChI=1S/C16H16N4O/c1-20(2)12-7-5-11(6-8-12)18-16(21)15-10-14-13(19-15)4-3-9-17-14/h3-10,19H,1-2H3,(H,18,21). The lowest BCUT2D eigenvalue weighted by Gasteiger charge is -2.12. The van der Waals surface area contributed by atoms with E-state index >= 15 is 0 Å². The number of anilines is 2. The Bertz CT molecular complexity index is 741. The number of rotatable bonds is 3. The van der Waals surface area contributed by atoms with E-state index in [0.717, 1.165) is 22.4 Å². The van der Waals surface area contributed by atoms with E-state index < -0.39 is 0 Å². The van der Waals surface area contributed by atoms with Crippen LogP contribution in [0.15, 0.2) is 48.7 Å². The first-order chi connectivity index (χ1) is 10.1. The Morgan fingerprint density at radius 3 is 2.62 bits per heavy atom. The second-order valence-corrected chi connectivity index (χ2v) is 5.01. The van der Waals surface area contributed by atoms with Crippen molar-refractivity contribution in [1.82, 2.24) is 9.97 Å². The van der Waals surface area contributed by atoms with Crippen molar-refractivity contribution in [3.63, 3.8) is 0 Å². The first-order valence-electron chi connectivity index (χ1n) is 6.66. The highest BCUT2D eigenvalue weighted by Crippen LogP contribution is 2.17. The van der Waals surface area contributed by atoms with Crippen LogP contribution in [0.5, 0.6) is 0 Å². The molecular formula is C16H16N4O. The van der Waals surface area contributed by atoms with Crippen LogP contribution < -0.4 is 10.2 Å². The molecule has 106 valence electrons. The number of benzene rings is 1. The van der Waals surface area contributed by atoms with E-state index in [1.807, 2.05) is 55.4 Å². The summed E-state index contributed by atoms with van der Waals surface area (Å²) in [7, 11) is 3.95. The fourth-order valence-corrected chi connectivity index (χ4v) is 2.12. The number of H-pyrrole nitrogens is 1. The van der Waals surface area contributed by atoms with Gasteiger partial charge in [0.1, 0.15) is 5.69 Å². The Kier molecular flexibility index (Phi) is 3.31. The van der Waals surface area contributed by atoms with E-state index in [1.165, 1.54) is 0 Å². The van der Waals surface area contributed by atoms with Crippen LogP contribution in [0, 0.1) is 0 Å². The minimum Gasteiger partial charge on any atom is -0.378 e. The summed E-state index contributed by atoms with van der Waals surface area (Å²) >= 11 is 0. The van der Waals surface area contributed by atoms with Crippen molar-refractivity contribution in [3.05, 3.63) is 54.4 Å². The van der Waals surface area contributed by atoms with Gasteiger partial charge < -0.3 is 15.2 Å². The van der Waals surface area contributed by atoms with Crippen LogP contribution in [-0.2, 0) is 0 Å². The zero-order chi connectivity index (χ0) is 14.8. The largest absolute Gasteiger partial charge is 0.378 e. The lowest BCUT2D eigenvalue weighted by atomic mass is 10.2. The van der Waals surface area contributed by atoms with E-state index in [0.29, 0.717) is 5.69 Å². The van der Waals surface area contributed by atoms with Crippen LogP contribution in [-0.4, -0.2) is 30.0 Å². The number of carbonyl (C=O) groups is 1. The molecule has 0 aliphatic carbocycles. The molecule has 3 aromatic rings. The number of aromatic nitrogens is 2. The minimum absolute atomic E-state index is 0.175. The number of pyridine rings is 1. The van der Waals surface area contributed by atoms with Crippen LogP contribution in [0.1, 0.15) is 10.5 Å². The van der Waals surface area contributed by atoms with Gasteiger partial charge in [-0.25, -0.2) is 0 Å². The number of nitrogens with one attached hydrogen (secondary N) is 2. The molecule has 1 amide bonds. The van der Waals surface area contributed by atoms with E-state index in [4.69, 9.17) is 0 Å². The molecule has 0 aliphatic heterocycles. The molecule has 0 aliphatic rings. The highest BCUT2D eigenvalue weighted by molar-refractivity contribution is 6.05. The van der Waals surface area contributed by atoms with Gasteiger partial charge in [0.25, 0.3) is 5.91 Å². The van der Waals surface area contributed by atoms with E-state index in [2.05, 4.69) is 15.3 Å². The Hall–Kier alpha value is -2.82. The van der Waals surface area contributed by atoms with Gasteiger partial charge in [0.05, 0.1) is 11.0 Å². The first kappa shape index (κ1) is 13.2. The molecule has 0 unspecified atom stereocenters. The van der Waals surface area contributed by atoms with Gasteiger partial charge in [-0.15, -0.1) is 0 Å². The third-order valence-electron chi connectivity index (χ3n) is 3.28. The van der Waals surface area contributed by atoms with Crippen molar-refractivity contribution in [2.45, 2.75) is 0 Å². The van der Waals surface area contributed by atoms with Crippen LogP contribution in [0.2, 0.25) is 0 Å². The summed E-state index contributed by atoms with van der Waals surface area (Å²) in [5, 5.41) is 2.87. The van der Waals surface area contributed by atoms with Crippen LogP contribution in [0.25, 0.3) is 11.0 Å². The van der Waals surface area contributed by atoms with Gasteiger partial charge in [-0.1, -0.05) is 0 Å². The molecule has 2 N–H and O–H groups in total. The lowest BCUT2D eigenvalue weighted by Crippen LogP contribution is -2.13. The second-order valence-electron chi connectivity index (χ2n) is 5.01. The third kappa shape index (κ3) is 2.72. The number of hydrogen-bond donors (Lipinski definition) is 2. The maximum Gasteiger partial charge on any atom is 0.272 e. The zero-order valence-corrected chi connectivity index (χ0v) is 11.9. The van der Waals surface area contributed by atoms with Gasteiger partial charge >= 0.3 is 0 Å². The monoisotopic (exact) mass is 280 g/mol. The van der Waals surface area contributed by atoms with Gasteiger partial charge in [0.15, 0.2) is 0 Å². The van der Waals surface area contributed by atoms with E-state index in [1.54, 1.807) is 12.3 Å². The summed E-state index contributed by atoms with van der Waals surface area (Å²) in [4.78, 5) is 21.5. The van der Waals surface area contributed by atoms with Crippen LogP contribution in [0.4, 0.5) is 11.4 Å². The summed E-state index contributed by atoms with van der Waals surface area (Å²) in [6.45, 7) is 0. The number of aromatic amines is 1. The summed E-state index contributed by atoms with van der Waals surface area (Å²) < 4.78 is 0. The number of nitrogens with zero attached hydrogens (tertiary/aromatic N) is 2. The highest BCUT2D eigenvalue weighted by Gasteiger charge is 2.10. The maximum atomic E-state index is 12.2. The predicted octanol–water partition coefficient (Wildman–Crippen LogP) is 2.88. The molecule has 0 fully saturated rings. The first-order valence-corrected chi connectivity index (χ1v) is 6.66. The zero-order valence-electron chi connectivity index (χ0n) is 11.9. The molecule has 0 atom stereocenters. The SMILES string of the molecule is CN(C)c1ccc(NC(=O)c2cc3ncccc3[nH]2)cc1. The van der Waals surface area contributed by atoms with Crippen LogP contribution >= 0.6 is 0 Å². The Balaban J connectivity index is 1.79. The summed E-state index contributed by atoms with van der Waals surface area (Å²) in [5.74, 6) is -0.175. The number of carbonyl (C=O) groups excluding carboxylic acids is 1. The maximum absolute atomic E-state index is 12.2. The minimum atomic E-state index is -0.175. The smallest absolute Gasteiger partial charge is 0.272 e. The van der Waals surface area contributed by atoms with Crippen molar-refractivity contribution in [2.75, 3.05) is 24.3 Å².